The summed E-state index contributed by atoms with van der Waals surface area (Å²) in [5, 5.41) is 41.2. The van der Waals surface area contributed by atoms with E-state index in [-0.39, 0.29) is 5.57 Å². The molecule has 1 aliphatic heterocycles. The van der Waals surface area contributed by atoms with Gasteiger partial charge in [0.1, 0.15) is 29.2 Å². The van der Waals surface area contributed by atoms with Crippen molar-refractivity contribution < 1.29 is 14.8 Å². The standard InChI is InChI=1S/C33H29BN4O3/c1-37-29-13-7-24(8-14-29)11-17-31-19-27(28(21-35)22-36)20-32(41-31)18-12-25-9-15-30(16-10-25)38(2)23-26-5-3-4-6-33(26)34(39)40/h3-20,37,39-40H,23H2,1-2H3/b17-11+,18-12+. The van der Waals surface area contributed by atoms with Crippen molar-refractivity contribution in [2.24, 2.45) is 0 Å². The van der Waals surface area contributed by atoms with Crippen LogP contribution < -0.4 is 15.7 Å². The molecule has 8 heteroatoms. The molecule has 3 N–H and O–H groups in total. The van der Waals surface area contributed by atoms with Gasteiger partial charge in [-0.25, -0.2) is 0 Å². The zero-order valence-corrected chi connectivity index (χ0v) is 22.8. The van der Waals surface area contributed by atoms with Gasteiger partial charge in [-0.05, 0) is 70.7 Å². The Kier molecular flexibility index (Phi) is 9.59. The largest absolute Gasteiger partial charge is 0.488 e. The van der Waals surface area contributed by atoms with Gasteiger partial charge in [0.25, 0.3) is 0 Å². The molecule has 0 aromatic heterocycles. The van der Waals surface area contributed by atoms with Crippen molar-refractivity contribution in [1.82, 2.24) is 0 Å². The second-order valence-electron chi connectivity index (χ2n) is 9.31. The van der Waals surface area contributed by atoms with Gasteiger partial charge in [-0.15, -0.1) is 0 Å². The molecule has 202 valence electrons. The van der Waals surface area contributed by atoms with Gasteiger partial charge in [0, 0.05) is 37.6 Å². The molecule has 0 saturated carbocycles. The summed E-state index contributed by atoms with van der Waals surface area (Å²) in [6.45, 7) is 0.515. The van der Waals surface area contributed by atoms with Crippen LogP contribution in [0.3, 0.4) is 0 Å². The van der Waals surface area contributed by atoms with E-state index in [9.17, 15) is 20.6 Å². The molecule has 1 aliphatic rings. The number of nitriles is 2. The monoisotopic (exact) mass is 540 g/mol. The number of hydrogen-bond donors (Lipinski definition) is 3. The number of nitrogens with zero attached hydrogens (tertiary/aromatic N) is 3. The van der Waals surface area contributed by atoms with E-state index in [1.54, 1.807) is 36.4 Å². The van der Waals surface area contributed by atoms with Crippen LogP contribution in [0.2, 0.25) is 0 Å². The molecule has 0 unspecified atom stereocenters. The third-order valence-electron chi connectivity index (χ3n) is 6.50. The van der Waals surface area contributed by atoms with Crippen LogP contribution in [0.1, 0.15) is 16.7 Å². The van der Waals surface area contributed by atoms with E-state index >= 15 is 0 Å². The Morgan fingerprint density at radius 2 is 1.41 bits per heavy atom. The van der Waals surface area contributed by atoms with E-state index in [4.69, 9.17) is 4.74 Å². The molecule has 0 fully saturated rings. The first-order valence-corrected chi connectivity index (χ1v) is 12.9. The number of rotatable bonds is 9. The summed E-state index contributed by atoms with van der Waals surface area (Å²) in [4.78, 5) is 2.03. The highest BCUT2D eigenvalue weighted by molar-refractivity contribution is 6.59. The van der Waals surface area contributed by atoms with Crippen molar-refractivity contribution in [2.45, 2.75) is 6.54 Å². The summed E-state index contributed by atoms with van der Waals surface area (Å²) in [5.41, 5.74) is 5.69. The van der Waals surface area contributed by atoms with Gasteiger partial charge in [0.05, 0.1) is 0 Å². The van der Waals surface area contributed by atoms with E-state index < -0.39 is 7.12 Å². The molecule has 3 aromatic carbocycles. The lowest BCUT2D eigenvalue weighted by atomic mass is 9.77. The maximum Gasteiger partial charge on any atom is 0.488 e. The smallest absolute Gasteiger partial charge is 0.457 e. The Morgan fingerprint density at radius 1 is 0.854 bits per heavy atom. The highest BCUT2D eigenvalue weighted by Gasteiger charge is 2.16. The van der Waals surface area contributed by atoms with Crippen LogP contribution in [-0.4, -0.2) is 31.3 Å². The van der Waals surface area contributed by atoms with Gasteiger partial charge in [-0.3, -0.25) is 0 Å². The minimum absolute atomic E-state index is 0.00570. The molecule has 0 bridgehead atoms. The molecule has 3 aromatic rings. The molecule has 0 radical (unpaired) electrons. The van der Waals surface area contributed by atoms with Crippen molar-refractivity contribution in [3.05, 3.63) is 136 Å². The van der Waals surface area contributed by atoms with Crippen LogP contribution in [0.5, 0.6) is 0 Å². The van der Waals surface area contributed by atoms with Gasteiger partial charge in [0.15, 0.2) is 0 Å². The molecular formula is C33H29BN4O3. The summed E-state index contributed by atoms with van der Waals surface area (Å²) in [7, 11) is 2.29. The van der Waals surface area contributed by atoms with Gasteiger partial charge in [0.2, 0.25) is 0 Å². The lowest BCUT2D eigenvalue weighted by Crippen LogP contribution is -2.35. The molecular weight excluding hydrogens is 511 g/mol. The SMILES string of the molecule is CNc1ccc(/C=C/C2=CC(=C(C#N)C#N)C=C(/C=C/c3ccc(N(C)Cc4ccccc4B(O)O)cc3)O2)cc1. The second kappa shape index (κ2) is 13.7. The van der Waals surface area contributed by atoms with Gasteiger partial charge < -0.3 is 25.0 Å². The minimum atomic E-state index is -1.52. The minimum Gasteiger partial charge on any atom is -0.457 e. The van der Waals surface area contributed by atoms with Crippen LogP contribution >= 0.6 is 0 Å². The molecule has 4 rings (SSSR count). The topological polar surface area (TPSA) is 113 Å². The van der Waals surface area contributed by atoms with E-state index in [1.807, 2.05) is 104 Å². The number of ether oxygens (including phenoxy) is 1. The number of nitrogens with one attached hydrogen (secondary N) is 1. The molecule has 0 spiro atoms. The number of hydrogen-bond acceptors (Lipinski definition) is 7. The first-order valence-electron chi connectivity index (χ1n) is 12.9. The quantitative estimate of drug-likeness (QED) is 0.261. The van der Waals surface area contributed by atoms with Crippen LogP contribution in [0.15, 0.2) is 120 Å². The van der Waals surface area contributed by atoms with Crippen molar-refractivity contribution in [2.75, 3.05) is 24.3 Å². The molecule has 0 atom stereocenters. The fourth-order valence-electron chi connectivity index (χ4n) is 4.24. The Labute approximate surface area is 240 Å². The van der Waals surface area contributed by atoms with Gasteiger partial charge in [-0.2, -0.15) is 10.5 Å². The fraction of sp³-hybridized carbons (Fsp3) is 0.0909. The first kappa shape index (κ1) is 28.7. The fourth-order valence-corrected chi connectivity index (χ4v) is 4.24. The van der Waals surface area contributed by atoms with Crippen LogP contribution in [0.25, 0.3) is 12.2 Å². The third kappa shape index (κ3) is 7.65. The average molecular weight is 540 g/mol. The van der Waals surface area contributed by atoms with Gasteiger partial charge >= 0.3 is 7.12 Å². The second-order valence-corrected chi connectivity index (χ2v) is 9.31. The summed E-state index contributed by atoms with van der Waals surface area (Å²) in [6.07, 6.45) is 10.8. The van der Waals surface area contributed by atoms with E-state index in [2.05, 4.69) is 5.32 Å². The van der Waals surface area contributed by atoms with Crippen LogP contribution in [0.4, 0.5) is 11.4 Å². The maximum atomic E-state index is 9.65. The van der Waals surface area contributed by atoms with E-state index in [0.717, 1.165) is 28.1 Å². The summed E-state index contributed by atoms with van der Waals surface area (Å²) < 4.78 is 6.04. The normalized spacial score (nSPS) is 12.7. The highest BCUT2D eigenvalue weighted by atomic mass is 16.5. The maximum absolute atomic E-state index is 9.65. The lowest BCUT2D eigenvalue weighted by Gasteiger charge is -2.21. The molecule has 41 heavy (non-hydrogen) atoms. The Bertz CT molecular complexity index is 1600. The number of anilines is 2. The van der Waals surface area contributed by atoms with Crippen LogP contribution in [0, 0.1) is 22.7 Å². The average Bonchev–Trinajstić information content (AvgIpc) is 3.00. The Hall–Kier alpha value is -5.28. The molecule has 0 aliphatic carbocycles. The summed E-state index contributed by atoms with van der Waals surface area (Å²) in [6, 6.07) is 26.9. The first-order chi connectivity index (χ1) is 19.9. The van der Waals surface area contributed by atoms with E-state index in [1.165, 1.54) is 0 Å². The predicted octanol–water partition coefficient (Wildman–Crippen LogP) is 4.91. The van der Waals surface area contributed by atoms with Crippen molar-refractivity contribution >= 4 is 36.1 Å². The summed E-state index contributed by atoms with van der Waals surface area (Å²) in [5.74, 6) is 1.00. The predicted molar refractivity (Wildman–Crippen MR) is 164 cm³/mol. The number of benzene rings is 3. The van der Waals surface area contributed by atoms with E-state index in [0.29, 0.717) is 29.1 Å². The number of allylic oxidation sites excluding steroid dienone is 6. The Morgan fingerprint density at radius 3 is 1.95 bits per heavy atom. The molecule has 0 saturated heterocycles. The van der Waals surface area contributed by atoms with Crippen LogP contribution in [-0.2, 0) is 11.3 Å². The van der Waals surface area contributed by atoms with Crippen molar-refractivity contribution in [3.63, 3.8) is 0 Å². The zero-order valence-electron chi connectivity index (χ0n) is 22.8. The lowest BCUT2D eigenvalue weighted by molar-refractivity contribution is 0.332. The third-order valence-corrected chi connectivity index (χ3v) is 6.50. The zero-order chi connectivity index (χ0) is 29.2. The summed E-state index contributed by atoms with van der Waals surface area (Å²) >= 11 is 0. The molecule has 1 heterocycles. The van der Waals surface area contributed by atoms with Gasteiger partial charge in [-0.1, -0.05) is 60.7 Å². The molecule has 7 nitrogen and oxygen atoms in total. The van der Waals surface area contributed by atoms with Crippen molar-refractivity contribution in [3.8, 4) is 12.1 Å². The Balaban J connectivity index is 1.49. The van der Waals surface area contributed by atoms with Crippen molar-refractivity contribution in [1.29, 1.82) is 10.5 Å². The highest BCUT2D eigenvalue weighted by Crippen LogP contribution is 2.25. The molecule has 0 amide bonds.